The Morgan fingerprint density at radius 3 is 3.14 bits per heavy atom. The average molecular weight is 302 g/mol. The molecule has 0 bridgehead atoms. The van der Waals surface area contributed by atoms with Gasteiger partial charge >= 0.3 is 0 Å². The van der Waals surface area contributed by atoms with Crippen LogP contribution >= 0.6 is 0 Å². The lowest BCUT2D eigenvalue weighted by Gasteiger charge is -2.57. The minimum absolute atomic E-state index is 0.0240. The highest BCUT2D eigenvalue weighted by Gasteiger charge is 2.49. The molecule has 0 aliphatic carbocycles. The van der Waals surface area contributed by atoms with E-state index in [1.807, 2.05) is 11.1 Å². The molecule has 2 atom stereocenters. The molecule has 4 rings (SSSR count). The number of fused-ring (bicyclic) bond motifs is 1. The van der Waals surface area contributed by atoms with Crippen molar-refractivity contribution >= 4 is 12.2 Å². The third kappa shape index (κ3) is 1.92. The van der Waals surface area contributed by atoms with Crippen LogP contribution in [0.15, 0.2) is 28.7 Å². The zero-order valence-corrected chi connectivity index (χ0v) is 12.6. The number of nitrogens with one attached hydrogen (secondary N) is 2. The quantitative estimate of drug-likeness (QED) is 0.628. The molecule has 4 aliphatic rings. The van der Waals surface area contributed by atoms with Gasteiger partial charge in [-0.15, -0.1) is 0 Å². The number of hydrogen-bond acceptors (Lipinski definition) is 6. The third-order valence-corrected chi connectivity index (χ3v) is 5.23. The van der Waals surface area contributed by atoms with Crippen molar-refractivity contribution in [3.8, 4) is 0 Å². The van der Waals surface area contributed by atoms with Gasteiger partial charge in [-0.05, 0) is 31.5 Å². The number of piperidine rings is 1. The second-order valence-corrected chi connectivity index (χ2v) is 6.38. The number of aliphatic imine (C=N–C) groups is 1. The number of carbonyl (C=O) groups excluding carboxylic acids is 1. The topological polar surface area (TPSA) is 86.0 Å². The Balaban J connectivity index is 1.57. The fourth-order valence-corrected chi connectivity index (χ4v) is 4.04. The largest absolute Gasteiger partial charge is 0.366 e. The van der Waals surface area contributed by atoms with Gasteiger partial charge in [0.25, 0.3) is 0 Å². The van der Waals surface area contributed by atoms with E-state index in [-0.39, 0.29) is 24.2 Å². The van der Waals surface area contributed by atoms with Gasteiger partial charge < -0.3 is 26.2 Å². The molecule has 2 unspecified atom stereocenters. The van der Waals surface area contributed by atoms with E-state index in [1.54, 1.807) is 6.34 Å². The molecule has 7 heteroatoms. The van der Waals surface area contributed by atoms with Gasteiger partial charge in [0.2, 0.25) is 5.91 Å². The van der Waals surface area contributed by atoms with Crippen molar-refractivity contribution in [3.05, 3.63) is 23.7 Å². The van der Waals surface area contributed by atoms with Crippen LogP contribution in [0.3, 0.4) is 0 Å². The van der Waals surface area contributed by atoms with E-state index in [0.29, 0.717) is 0 Å². The molecule has 22 heavy (non-hydrogen) atoms. The smallest absolute Gasteiger partial charge is 0.236 e. The number of nitrogens with two attached hydrogens (primary N) is 1. The monoisotopic (exact) mass is 302 g/mol. The van der Waals surface area contributed by atoms with Gasteiger partial charge in [-0.1, -0.05) is 0 Å². The number of rotatable bonds is 2. The molecule has 4 N–H and O–H groups in total. The van der Waals surface area contributed by atoms with E-state index in [0.717, 1.165) is 44.7 Å². The van der Waals surface area contributed by atoms with Crippen LogP contribution in [0.1, 0.15) is 19.3 Å². The summed E-state index contributed by atoms with van der Waals surface area (Å²) in [5.74, 6) is 1.19. The van der Waals surface area contributed by atoms with Crippen molar-refractivity contribution in [2.75, 3.05) is 26.2 Å². The van der Waals surface area contributed by atoms with Crippen molar-refractivity contribution in [2.24, 2.45) is 10.7 Å². The minimum atomic E-state index is -0.0240. The summed E-state index contributed by atoms with van der Waals surface area (Å²) < 4.78 is 0. The summed E-state index contributed by atoms with van der Waals surface area (Å²) in [6, 6.07) is 0. The van der Waals surface area contributed by atoms with Crippen LogP contribution in [0.4, 0.5) is 0 Å². The van der Waals surface area contributed by atoms with Crippen LogP contribution in [-0.4, -0.2) is 59.9 Å². The van der Waals surface area contributed by atoms with Crippen molar-refractivity contribution < 1.29 is 4.79 Å². The molecule has 2 fully saturated rings. The standard InChI is InChI=1S/C15H22N6O/c16-8-12(22)21-7-4-15(21)3-1-6-20(9-15)14-11-2-5-17-13(11)18-10-19-14/h2,5,10,13,17H,1,3-4,6-9,16H2,(H,18,19). The molecule has 4 aliphatic heterocycles. The summed E-state index contributed by atoms with van der Waals surface area (Å²) in [6.07, 6.45) is 9.04. The predicted molar refractivity (Wildman–Crippen MR) is 83.6 cm³/mol. The van der Waals surface area contributed by atoms with Crippen LogP contribution in [0.2, 0.25) is 0 Å². The molecular formula is C15H22N6O. The highest BCUT2D eigenvalue weighted by atomic mass is 16.2. The van der Waals surface area contributed by atoms with E-state index in [1.165, 1.54) is 5.57 Å². The summed E-state index contributed by atoms with van der Waals surface area (Å²) in [5.41, 5.74) is 6.71. The summed E-state index contributed by atoms with van der Waals surface area (Å²) in [7, 11) is 0. The fourth-order valence-electron chi connectivity index (χ4n) is 4.04. The SMILES string of the molecule is NCC(=O)N1CCC12CCCN(C1=C3C=CNC3N=CN1)C2. The maximum Gasteiger partial charge on any atom is 0.236 e. The molecule has 1 spiro atoms. The lowest BCUT2D eigenvalue weighted by atomic mass is 9.77. The highest BCUT2D eigenvalue weighted by molar-refractivity contribution is 5.80. The van der Waals surface area contributed by atoms with E-state index >= 15 is 0 Å². The Labute approximate surface area is 129 Å². The van der Waals surface area contributed by atoms with E-state index < -0.39 is 0 Å². The number of hydrogen-bond donors (Lipinski definition) is 3. The zero-order valence-electron chi connectivity index (χ0n) is 12.6. The summed E-state index contributed by atoms with van der Waals surface area (Å²) in [4.78, 5) is 20.8. The highest BCUT2D eigenvalue weighted by Crippen LogP contribution is 2.40. The maximum absolute atomic E-state index is 12.0. The first-order valence-electron chi connectivity index (χ1n) is 7.94. The molecule has 1 amide bonds. The number of nitrogens with zero attached hydrogens (tertiary/aromatic N) is 3. The van der Waals surface area contributed by atoms with Gasteiger partial charge in [-0.25, -0.2) is 4.99 Å². The van der Waals surface area contributed by atoms with Crippen molar-refractivity contribution in [1.82, 2.24) is 20.4 Å². The normalized spacial score (nSPS) is 32.7. The second-order valence-electron chi connectivity index (χ2n) is 6.38. The summed E-state index contributed by atoms with van der Waals surface area (Å²) in [5, 5.41) is 6.53. The van der Waals surface area contributed by atoms with Crippen LogP contribution in [-0.2, 0) is 4.79 Å². The van der Waals surface area contributed by atoms with E-state index in [2.05, 4.69) is 26.6 Å². The lowest BCUT2D eigenvalue weighted by molar-refractivity contribution is -0.150. The predicted octanol–water partition coefficient (Wildman–Crippen LogP) is -0.702. The number of amides is 1. The van der Waals surface area contributed by atoms with Gasteiger partial charge in [-0.3, -0.25) is 4.79 Å². The fraction of sp³-hybridized carbons (Fsp3) is 0.600. The molecule has 0 aromatic carbocycles. The molecule has 7 nitrogen and oxygen atoms in total. The Morgan fingerprint density at radius 1 is 1.45 bits per heavy atom. The van der Waals surface area contributed by atoms with Gasteiger partial charge in [-0.2, -0.15) is 0 Å². The van der Waals surface area contributed by atoms with E-state index in [9.17, 15) is 4.79 Å². The van der Waals surface area contributed by atoms with Crippen molar-refractivity contribution in [1.29, 1.82) is 0 Å². The minimum Gasteiger partial charge on any atom is -0.366 e. The van der Waals surface area contributed by atoms with Gasteiger partial charge in [0.15, 0.2) is 0 Å². The van der Waals surface area contributed by atoms with Crippen LogP contribution in [0.5, 0.6) is 0 Å². The Kier molecular flexibility index (Phi) is 3.11. The van der Waals surface area contributed by atoms with Crippen LogP contribution in [0, 0.1) is 0 Å². The van der Waals surface area contributed by atoms with Crippen LogP contribution in [0.25, 0.3) is 0 Å². The van der Waals surface area contributed by atoms with Crippen LogP contribution < -0.4 is 16.4 Å². The number of likely N-dealkylation sites (tertiary alicyclic amines) is 2. The number of carbonyl (C=O) groups is 1. The zero-order chi connectivity index (χ0) is 15.2. The van der Waals surface area contributed by atoms with Crippen molar-refractivity contribution in [2.45, 2.75) is 31.0 Å². The third-order valence-electron chi connectivity index (χ3n) is 5.23. The Morgan fingerprint density at radius 2 is 2.36 bits per heavy atom. The van der Waals surface area contributed by atoms with Gasteiger partial charge in [0.1, 0.15) is 12.0 Å². The molecule has 2 saturated heterocycles. The molecule has 118 valence electrons. The van der Waals surface area contributed by atoms with Gasteiger partial charge in [0.05, 0.1) is 18.4 Å². The average Bonchev–Trinajstić information content (AvgIpc) is 3.02. The Hall–Kier alpha value is -2.02. The van der Waals surface area contributed by atoms with E-state index in [4.69, 9.17) is 5.73 Å². The molecule has 0 radical (unpaired) electrons. The molecule has 0 aromatic rings. The lowest BCUT2D eigenvalue weighted by Crippen LogP contribution is -2.69. The first-order valence-corrected chi connectivity index (χ1v) is 7.94. The molecule has 0 aromatic heterocycles. The molecular weight excluding hydrogens is 280 g/mol. The molecule has 4 heterocycles. The summed E-state index contributed by atoms with van der Waals surface area (Å²) in [6.45, 7) is 2.83. The Bertz CT molecular complexity index is 583. The summed E-state index contributed by atoms with van der Waals surface area (Å²) >= 11 is 0. The first kappa shape index (κ1) is 13.6. The first-order chi connectivity index (χ1) is 10.7. The maximum atomic E-state index is 12.0. The molecule has 0 saturated carbocycles. The van der Waals surface area contributed by atoms with Crippen molar-refractivity contribution in [3.63, 3.8) is 0 Å². The second kappa shape index (κ2) is 5.01. The van der Waals surface area contributed by atoms with Gasteiger partial charge in [0, 0.05) is 25.2 Å².